The molecule has 1 aromatic rings. The number of hydrogen-bond donors (Lipinski definition) is 1. The normalized spacial score (nSPS) is 14.1. The third-order valence-corrected chi connectivity index (χ3v) is 3.61. The molecule has 0 spiro atoms. The lowest BCUT2D eigenvalue weighted by molar-refractivity contribution is 0.0682. The van der Waals surface area contributed by atoms with Crippen LogP contribution in [-0.4, -0.2) is 46.1 Å². The van der Waals surface area contributed by atoms with E-state index in [2.05, 4.69) is 0 Å². The van der Waals surface area contributed by atoms with Gasteiger partial charge in [-0.3, -0.25) is 9.00 Å². The van der Waals surface area contributed by atoms with Gasteiger partial charge in [-0.2, -0.15) is 0 Å². The molecule has 0 aliphatic heterocycles. The molecule has 0 fully saturated rings. The average Bonchev–Trinajstić information content (AvgIpc) is 2.36. The van der Waals surface area contributed by atoms with E-state index in [1.165, 1.54) is 4.90 Å². The van der Waals surface area contributed by atoms with Gasteiger partial charge in [0.2, 0.25) is 0 Å². The van der Waals surface area contributed by atoms with Crippen LogP contribution in [0.2, 0.25) is 0 Å². The highest BCUT2D eigenvalue weighted by molar-refractivity contribution is 7.84. The minimum absolute atomic E-state index is 0.0701. The second kappa shape index (κ2) is 5.93. The van der Waals surface area contributed by atoms with E-state index in [1.54, 1.807) is 44.5 Å². The zero-order chi connectivity index (χ0) is 13.0. The predicted octanol–water partition coefficient (Wildman–Crippen LogP) is 0.877. The standard InChI is InChI=1S/C12H17NO3S/c1-9(8-14)13(2)12(15)10-4-6-11(7-5-10)17(3)16/h4-7,9,14H,8H2,1-3H3. The summed E-state index contributed by atoms with van der Waals surface area (Å²) in [6.45, 7) is 1.70. The van der Waals surface area contributed by atoms with Gasteiger partial charge in [0, 0.05) is 34.6 Å². The second-order valence-electron chi connectivity index (χ2n) is 3.93. The number of aliphatic hydroxyl groups is 1. The molecule has 1 rings (SSSR count). The molecule has 1 N–H and O–H groups in total. The van der Waals surface area contributed by atoms with E-state index in [0.717, 1.165) is 0 Å². The predicted molar refractivity (Wildman–Crippen MR) is 67.4 cm³/mol. The van der Waals surface area contributed by atoms with Gasteiger partial charge in [-0.25, -0.2) is 0 Å². The van der Waals surface area contributed by atoms with Crippen LogP contribution in [-0.2, 0) is 10.8 Å². The Bertz CT molecular complexity index is 416. The van der Waals surface area contributed by atoms with Crippen molar-refractivity contribution in [1.29, 1.82) is 0 Å². The lowest BCUT2D eigenvalue weighted by Crippen LogP contribution is -2.37. The molecule has 17 heavy (non-hydrogen) atoms. The molecule has 0 heterocycles. The summed E-state index contributed by atoms with van der Waals surface area (Å²) in [6.07, 6.45) is 1.59. The van der Waals surface area contributed by atoms with Crippen LogP contribution in [0.1, 0.15) is 17.3 Å². The smallest absolute Gasteiger partial charge is 0.253 e. The van der Waals surface area contributed by atoms with Crippen LogP contribution in [0.4, 0.5) is 0 Å². The molecule has 0 aliphatic carbocycles. The summed E-state index contributed by atoms with van der Waals surface area (Å²) in [5.74, 6) is -0.153. The van der Waals surface area contributed by atoms with E-state index in [1.807, 2.05) is 0 Å². The maximum atomic E-state index is 12.0. The first kappa shape index (κ1) is 13.9. The van der Waals surface area contributed by atoms with Gasteiger partial charge in [0.05, 0.1) is 12.6 Å². The van der Waals surface area contributed by atoms with E-state index < -0.39 is 10.8 Å². The fourth-order valence-corrected chi connectivity index (χ4v) is 1.83. The van der Waals surface area contributed by atoms with Crippen LogP contribution in [0, 0.1) is 0 Å². The third-order valence-electron chi connectivity index (χ3n) is 2.68. The van der Waals surface area contributed by atoms with Gasteiger partial charge in [-0.15, -0.1) is 0 Å². The Morgan fingerprint density at radius 2 is 1.94 bits per heavy atom. The molecule has 0 radical (unpaired) electrons. The van der Waals surface area contributed by atoms with Crippen molar-refractivity contribution in [3.8, 4) is 0 Å². The fraction of sp³-hybridized carbons (Fsp3) is 0.417. The first-order valence-electron chi connectivity index (χ1n) is 5.29. The molecule has 0 aliphatic rings. The first-order chi connectivity index (χ1) is 7.97. The molecule has 0 saturated carbocycles. The van der Waals surface area contributed by atoms with Crippen LogP contribution in [0.3, 0.4) is 0 Å². The monoisotopic (exact) mass is 255 g/mol. The molecule has 0 bridgehead atoms. The molecular formula is C12H17NO3S. The SMILES string of the molecule is CC(CO)N(C)C(=O)c1ccc(S(C)=O)cc1. The summed E-state index contributed by atoms with van der Waals surface area (Å²) >= 11 is 0. The molecule has 0 saturated heterocycles. The molecule has 1 aromatic carbocycles. The summed E-state index contributed by atoms with van der Waals surface area (Å²) in [4.78, 5) is 14.1. The van der Waals surface area contributed by atoms with Crippen molar-refractivity contribution in [2.24, 2.45) is 0 Å². The van der Waals surface area contributed by atoms with Gasteiger partial charge in [-0.1, -0.05) is 0 Å². The van der Waals surface area contributed by atoms with E-state index in [9.17, 15) is 9.00 Å². The number of carbonyl (C=O) groups excluding carboxylic acids is 1. The third kappa shape index (κ3) is 3.38. The zero-order valence-corrected chi connectivity index (χ0v) is 11.0. The van der Waals surface area contributed by atoms with E-state index in [4.69, 9.17) is 5.11 Å². The summed E-state index contributed by atoms with van der Waals surface area (Å²) in [7, 11) is 0.611. The van der Waals surface area contributed by atoms with Crippen molar-refractivity contribution in [3.05, 3.63) is 29.8 Å². The first-order valence-corrected chi connectivity index (χ1v) is 6.84. The molecular weight excluding hydrogens is 238 g/mol. The highest BCUT2D eigenvalue weighted by atomic mass is 32.2. The van der Waals surface area contributed by atoms with Gasteiger partial charge in [0.25, 0.3) is 5.91 Å². The molecule has 1 amide bonds. The van der Waals surface area contributed by atoms with Crippen LogP contribution in [0.15, 0.2) is 29.2 Å². The van der Waals surface area contributed by atoms with Crippen LogP contribution < -0.4 is 0 Å². The number of carbonyl (C=O) groups is 1. The van der Waals surface area contributed by atoms with Crippen molar-refractivity contribution in [3.63, 3.8) is 0 Å². The van der Waals surface area contributed by atoms with Gasteiger partial charge in [-0.05, 0) is 31.2 Å². The maximum Gasteiger partial charge on any atom is 0.253 e. The van der Waals surface area contributed by atoms with E-state index >= 15 is 0 Å². The minimum Gasteiger partial charge on any atom is -0.394 e. The molecule has 2 unspecified atom stereocenters. The lowest BCUT2D eigenvalue weighted by atomic mass is 10.2. The Balaban J connectivity index is 2.86. The number of likely N-dealkylation sites (N-methyl/N-ethyl adjacent to an activating group) is 1. The minimum atomic E-state index is -1.04. The Labute approximate surface area is 104 Å². The fourth-order valence-electron chi connectivity index (χ4n) is 1.32. The van der Waals surface area contributed by atoms with Crippen molar-refractivity contribution in [2.75, 3.05) is 19.9 Å². The molecule has 4 nitrogen and oxygen atoms in total. The van der Waals surface area contributed by atoms with Crippen molar-refractivity contribution in [2.45, 2.75) is 17.9 Å². The van der Waals surface area contributed by atoms with Gasteiger partial charge >= 0.3 is 0 Å². The second-order valence-corrected chi connectivity index (χ2v) is 5.31. The lowest BCUT2D eigenvalue weighted by Gasteiger charge is -2.23. The molecule has 94 valence electrons. The largest absolute Gasteiger partial charge is 0.394 e. The van der Waals surface area contributed by atoms with Crippen LogP contribution >= 0.6 is 0 Å². The van der Waals surface area contributed by atoms with E-state index in [0.29, 0.717) is 10.5 Å². The summed E-state index contributed by atoms with van der Waals surface area (Å²) in [6, 6.07) is 6.45. The number of nitrogens with zero attached hydrogens (tertiary/aromatic N) is 1. The summed E-state index contributed by atoms with van der Waals surface area (Å²) < 4.78 is 11.2. The summed E-state index contributed by atoms with van der Waals surface area (Å²) in [5, 5.41) is 8.98. The molecule has 5 heteroatoms. The topological polar surface area (TPSA) is 57.6 Å². The number of rotatable bonds is 4. The zero-order valence-electron chi connectivity index (χ0n) is 10.2. The van der Waals surface area contributed by atoms with Crippen molar-refractivity contribution < 1.29 is 14.1 Å². The Morgan fingerprint density at radius 1 is 1.41 bits per heavy atom. The van der Waals surface area contributed by atoms with Gasteiger partial charge in [0.15, 0.2) is 0 Å². The Hall–Kier alpha value is -1.20. The Morgan fingerprint density at radius 3 is 2.35 bits per heavy atom. The number of benzene rings is 1. The van der Waals surface area contributed by atoms with Gasteiger partial charge in [0.1, 0.15) is 0 Å². The van der Waals surface area contributed by atoms with Crippen molar-refractivity contribution >= 4 is 16.7 Å². The Kier molecular flexibility index (Phi) is 4.84. The number of hydrogen-bond acceptors (Lipinski definition) is 3. The quantitative estimate of drug-likeness (QED) is 0.869. The molecule has 2 atom stereocenters. The van der Waals surface area contributed by atoms with Crippen LogP contribution in [0.25, 0.3) is 0 Å². The summed E-state index contributed by atoms with van der Waals surface area (Å²) in [5.41, 5.74) is 0.530. The van der Waals surface area contributed by atoms with Crippen LogP contribution in [0.5, 0.6) is 0 Å². The highest BCUT2D eigenvalue weighted by Gasteiger charge is 2.16. The highest BCUT2D eigenvalue weighted by Crippen LogP contribution is 2.10. The van der Waals surface area contributed by atoms with Crippen molar-refractivity contribution in [1.82, 2.24) is 4.90 Å². The number of aliphatic hydroxyl groups excluding tert-OH is 1. The average molecular weight is 255 g/mol. The van der Waals surface area contributed by atoms with E-state index in [-0.39, 0.29) is 18.6 Å². The maximum absolute atomic E-state index is 12.0. The molecule has 0 aromatic heterocycles. The van der Waals surface area contributed by atoms with Gasteiger partial charge < -0.3 is 10.0 Å². The number of amides is 1.